The Hall–Kier alpha value is -1.00. The summed E-state index contributed by atoms with van der Waals surface area (Å²) in [4.78, 5) is 0. The van der Waals surface area contributed by atoms with Gasteiger partial charge in [0.2, 0.25) is 0 Å². The molecule has 0 fully saturated rings. The zero-order chi connectivity index (χ0) is 6.69. The van der Waals surface area contributed by atoms with Gasteiger partial charge in [-0.1, -0.05) is 17.7 Å². The predicted octanol–water partition coefficient (Wildman–Crippen LogP) is 2.60. The minimum atomic E-state index is 1.26. The van der Waals surface area contributed by atoms with Crippen LogP contribution >= 0.6 is 0 Å². The molecule has 0 amide bonds. The number of hydrogen-bond donors (Lipinski definition) is 0. The summed E-state index contributed by atoms with van der Waals surface area (Å²) in [6.45, 7) is 4.16. The molecule has 0 aliphatic heterocycles. The summed E-state index contributed by atoms with van der Waals surface area (Å²) in [6, 6.07) is 0. The highest BCUT2D eigenvalue weighted by atomic mass is 13.9. The van der Waals surface area contributed by atoms with E-state index < -0.39 is 0 Å². The lowest BCUT2D eigenvalue weighted by molar-refractivity contribution is 1.45. The lowest BCUT2D eigenvalue weighted by Crippen LogP contribution is -1.67. The molecule has 9 heavy (non-hydrogen) atoms. The fourth-order valence-electron chi connectivity index (χ4n) is 0.808. The van der Waals surface area contributed by atoms with Crippen molar-refractivity contribution in [1.82, 2.24) is 0 Å². The van der Waals surface area contributed by atoms with Gasteiger partial charge in [0.15, 0.2) is 0 Å². The topological polar surface area (TPSA) is 0 Å². The van der Waals surface area contributed by atoms with E-state index in [0.717, 1.165) is 0 Å². The first kappa shape index (κ1) is 6.12. The fraction of sp³-hybridized carbons (Fsp3) is 0.222. The zero-order valence-electron chi connectivity index (χ0n) is 5.81. The predicted molar refractivity (Wildman–Crippen MR) is 40.2 cm³/mol. The van der Waals surface area contributed by atoms with E-state index in [1.54, 1.807) is 0 Å². The SMILES string of the molecule is CC1=CC=C=CC(C)=C1. The quantitative estimate of drug-likeness (QED) is 0.429. The van der Waals surface area contributed by atoms with Crippen LogP contribution < -0.4 is 0 Å². The second kappa shape index (κ2) is 2.52. The molecule has 0 radical (unpaired) electrons. The van der Waals surface area contributed by atoms with Crippen molar-refractivity contribution in [2.24, 2.45) is 0 Å². The average Bonchev–Trinajstić information content (AvgIpc) is 1.93. The van der Waals surface area contributed by atoms with Crippen LogP contribution in [0.3, 0.4) is 0 Å². The Morgan fingerprint density at radius 1 is 1.22 bits per heavy atom. The van der Waals surface area contributed by atoms with Crippen molar-refractivity contribution in [2.75, 3.05) is 0 Å². The summed E-state index contributed by atoms with van der Waals surface area (Å²) in [5.41, 5.74) is 5.58. The average molecular weight is 118 g/mol. The van der Waals surface area contributed by atoms with Gasteiger partial charge in [-0.2, -0.15) is 0 Å². The smallest absolute Gasteiger partial charge is 0.0170 e. The molecular weight excluding hydrogens is 108 g/mol. The molecule has 0 N–H and O–H groups in total. The number of rotatable bonds is 0. The van der Waals surface area contributed by atoms with Gasteiger partial charge in [0, 0.05) is 0 Å². The van der Waals surface area contributed by atoms with E-state index in [1.165, 1.54) is 11.1 Å². The highest BCUT2D eigenvalue weighted by Gasteiger charge is 1.84. The van der Waals surface area contributed by atoms with Gasteiger partial charge >= 0.3 is 0 Å². The van der Waals surface area contributed by atoms with Crippen LogP contribution in [0.5, 0.6) is 0 Å². The lowest BCUT2D eigenvalue weighted by atomic mass is 10.2. The maximum Gasteiger partial charge on any atom is -0.0170 e. The fourth-order valence-corrected chi connectivity index (χ4v) is 0.808. The largest absolute Gasteiger partial charge is 0.121 e. The molecule has 0 heteroatoms. The zero-order valence-corrected chi connectivity index (χ0v) is 5.81. The van der Waals surface area contributed by atoms with Crippen LogP contribution in [0.1, 0.15) is 13.8 Å². The lowest BCUT2D eigenvalue weighted by Gasteiger charge is -1.87. The molecule has 0 saturated heterocycles. The van der Waals surface area contributed by atoms with Crippen molar-refractivity contribution in [1.29, 1.82) is 0 Å². The Kier molecular flexibility index (Phi) is 1.72. The maximum absolute atomic E-state index is 3.03. The van der Waals surface area contributed by atoms with Crippen LogP contribution in [-0.4, -0.2) is 0 Å². The first-order valence-corrected chi connectivity index (χ1v) is 3.07. The van der Waals surface area contributed by atoms with Crippen LogP contribution in [0.4, 0.5) is 0 Å². The third-order valence-corrected chi connectivity index (χ3v) is 1.21. The van der Waals surface area contributed by atoms with E-state index in [9.17, 15) is 0 Å². The van der Waals surface area contributed by atoms with Gasteiger partial charge in [0.05, 0.1) is 0 Å². The molecule has 0 aromatic carbocycles. The third kappa shape index (κ3) is 1.75. The van der Waals surface area contributed by atoms with Crippen LogP contribution in [0, 0.1) is 0 Å². The van der Waals surface area contributed by atoms with Crippen molar-refractivity contribution >= 4 is 0 Å². The molecule has 1 rings (SSSR count). The van der Waals surface area contributed by atoms with Crippen molar-refractivity contribution < 1.29 is 0 Å². The van der Waals surface area contributed by atoms with E-state index in [2.05, 4.69) is 25.7 Å². The number of allylic oxidation sites excluding steroid dienone is 5. The minimum absolute atomic E-state index is 1.26. The van der Waals surface area contributed by atoms with E-state index in [-0.39, 0.29) is 0 Å². The normalized spacial score (nSPS) is 16.7. The monoisotopic (exact) mass is 118 g/mol. The molecule has 0 atom stereocenters. The Morgan fingerprint density at radius 2 is 2.00 bits per heavy atom. The summed E-state index contributed by atoms with van der Waals surface area (Å²) >= 11 is 0. The van der Waals surface area contributed by atoms with Gasteiger partial charge in [0.25, 0.3) is 0 Å². The molecule has 0 nitrogen and oxygen atoms in total. The molecule has 1 aliphatic rings. The molecule has 0 saturated carbocycles. The Labute approximate surface area is 55.9 Å². The standard InChI is InChI=1S/C9H10/c1-8-5-3-4-6-9(2)7-8/h3,5-7H,1-2H3. The number of hydrogen-bond acceptors (Lipinski definition) is 0. The maximum atomic E-state index is 3.03. The summed E-state index contributed by atoms with van der Waals surface area (Å²) in [5, 5.41) is 0. The van der Waals surface area contributed by atoms with Gasteiger partial charge in [-0.3, -0.25) is 0 Å². The second-order valence-electron chi connectivity index (χ2n) is 2.28. The van der Waals surface area contributed by atoms with E-state index in [4.69, 9.17) is 0 Å². The Morgan fingerprint density at radius 3 is 2.78 bits per heavy atom. The third-order valence-electron chi connectivity index (χ3n) is 1.21. The molecular formula is C9H10. The summed E-state index contributed by atoms with van der Waals surface area (Å²) in [7, 11) is 0. The summed E-state index contributed by atoms with van der Waals surface area (Å²) < 4.78 is 0. The van der Waals surface area contributed by atoms with Crippen molar-refractivity contribution in [2.45, 2.75) is 13.8 Å². The highest BCUT2D eigenvalue weighted by molar-refractivity contribution is 5.32. The molecule has 0 heterocycles. The molecule has 0 aromatic heterocycles. The van der Waals surface area contributed by atoms with Crippen LogP contribution in [0.15, 0.2) is 41.2 Å². The molecule has 0 unspecified atom stereocenters. The van der Waals surface area contributed by atoms with Crippen molar-refractivity contribution in [3.63, 3.8) is 0 Å². The Balaban J connectivity index is 3.00. The minimum Gasteiger partial charge on any atom is -0.121 e. The van der Waals surface area contributed by atoms with E-state index >= 15 is 0 Å². The first-order chi connectivity index (χ1) is 4.29. The van der Waals surface area contributed by atoms with Gasteiger partial charge in [0.1, 0.15) is 0 Å². The van der Waals surface area contributed by atoms with Crippen molar-refractivity contribution in [3.05, 3.63) is 41.2 Å². The molecule has 1 aliphatic carbocycles. The second-order valence-corrected chi connectivity index (χ2v) is 2.28. The van der Waals surface area contributed by atoms with E-state index in [0.29, 0.717) is 0 Å². The van der Waals surface area contributed by atoms with Gasteiger partial charge in [-0.25, -0.2) is 0 Å². The summed E-state index contributed by atoms with van der Waals surface area (Å²) in [5.74, 6) is 0. The molecule has 46 valence electrons. The molecule has 0 aromatic rings. The molecule has 0 bridgehead atoms. The van der Waals surface area contributed by atoms with Crippen molar-refractivity contribution in [3.8, 4) is 0 Å². The first-order valence-electron chi connectivity index (χ1n) is 3.07. The van der Waals surface area contributed by atoms with Crippen LogP contribution in [0.25, 0.3) is 0 Å². The van der Waals surface area contributed by atoms with Gasteiger partial charge in [-0.05, 0) is 31.6 Å². The summed E-state index contributed by atoms with van der Waals surface area (Å²) in [6.07, 6.45) is 8.10. The van der Waals surface area contributed by atoms with E-state index in [1.807, 2.05) is 18.2 Å². The molecule has 0 spiro atoms. The highest BCUT2D eigenvalue weighted by Crippen LogP contribution is 2.04. The van der Waals surface area contributed by atoms with Crippen LogP contribution in [0.2, 0.25) is 0 Å². The van der Waals surface area contributed by atoms with Gasteiger partial charge < -0.3 is 0 Å². The van der Waals surface area contributed by atoms with Gasteiger partial charge in [-0.15, -0.1) is 5.73 Å². The Bertz CT molecular complexity index is 220. The van der Waals surface area contributed by atoms with Crippen LogP contribution in [-0.2, 0) is 0 Å².